The van der Waals surface area contributed by atoms with E-state index in [9.17, 15) is 4.79 Å². The van der Waals surface area contributed by atoms with E-state index in [0.717, 1.165) is 41.1 Å². The zero-order chi connectivity index (χ0) is 18.4. The third-order valence-corrected chi connectivity index (χ3v) is 5.26. The van der Waals surface area contributed by atoms with E-state index in [0.29, 0.717) is 11.0 Å². The smallest absolute Gasteiger partial charge is 0.194 e. The van der Waals surface area contributed by atoms with E-state index >= 15 is 0 Å². The minimum atomic E-state index is 0.0775. The number of ether oxygens (including phenoxy) is 1. The number of rotatable bonds is 2. The summed E-state index contributed by atoms with van der Waals surface area (Å²) in [6.45, 7) is 0. The number of benzene rings is 2. The number of hydrogen-bond donors (Lipinski definition) is 0. The van der Waals surface area contributed by atoms with Crippen molar-refractivity contribution in [3.63, 3.8) is 0 Å². The molecule has 0 N–H and O–H groups in total. The van der Waals surface area contributed by atoms with Crippen LogP contribution in [0, 0.1) is 0 Å². The standard InChI is InChI=1S/C23H18N2O2/c1-27-17-11-9-15-10-12-18-21(20(15)14-17)25(16-6-3-2-4-7-16)23-19(22(18)26)8-5-13-24-23/h2-9,11,13-14H,10,12H2,1H3. The second kappa shape index (κ2) is 6.09. The van der Waals surface area contributed by atoms with Crippen LogP contribution in [0.2, 0.25) is 0 Å². The minimum Gasteiger partial charge on any atom is -0.497 e. The highest BCUT2D eigenvalue weighted by atomic mass is 16.5. The summed E-state index contributed by atoms with van der Waals surface area (Å²) in [6.07, 6.45) is 3.32. The molecule has 0 aliphatic heterocycles. The van der Waals surface area contributed by atoms with E-state index in [4.69, 9.17) is 4.74 Å². The summed E-state index contributed by atoms with van der Waals surface area (Å²) < 4.78 is 7.57. The summed E-state index contributed by atoms with van der Waals surface area (Å²) in [7, 11) is 1.66. The Kier molecular flexibility index (Phi) is 3.57. The van der Waals surface area contributed by atoms with Crippen molar-refractivity contribution >= 4 is 11.0 Å². The van der Waals surface area contributed by atoms with Crippen molar-refractivity contribution in [3.8, 4) is 22.7 Å². The SMILES string of the molecule is COc1ccc2c(c1)-c1c(c(=O)c3cccnc3n1-c1ccccc1)CC2. The zero-order valence-electron chi connectivity index (χ0n) is 15.0. The van der Waals surface area contributed by atoms with Gasteiger partial charge in [0.1, 0.15) is 11.4 Å². The Balaban J connectivity index is 1.98. The van der Waals surface area contributed by atoms with Crippen molar-refractivity contribution in [1.82, 2.24) is 9.55 Å². The van der Waals surface area contributed by atoms with Crippen LogP contribution in [0.5, 0.6) is 5.75 Å². The third-order valence-electron chi connectivity index (χ3n) is 5.26. The number of pyridine rings is 2. The average Bonchev–Trinajstić information content (AvgIpc) is 2.74. The highest BCUT2D eigenvalue weighted by Crippen LogP contribution is 2.37. The predicted octanol–water partition coefficient (Wildman–Crippen LogP) is 4.16. The lowest BCUT2D eigenvalue weighted by Gasteiger charge is -2.25. The molecule has 2 aromatic carbocycles. The van der Waals surface area contributed by atoms with Crippen LogP contribution in [0.1, 0.15) is 11.1 Å². The first kappa shape index (κ1) is 15.8. The van der Waals surface area contributed by atoms with Gasteiger partial charge in [0.2, 0.25) is 0 Å². The maximum atomic E-state index is 13.2. The van der Waals surface area contributed by atoms with E-state index < -0.39 is 0 Å². The molecule has 4 heteroatoms. The summed E-state index contributed by atoms with van der Waals surface area (Å²) >= 11 is 0. The van der Waals surface area contributed by atoms with Crippen LogP contribution in [0.25, 0.3) is 28.0 Å². The van der Waals surface area contributed by atoms with Crippen molar-refractivity contribution in [1.29, 1.82) is 0 Å². The van der Waals surface area contributed by atoms with Gasteiger partial charge in [-0.15, -0.1) is 0 Å². The van der Waals surface area contributed by atoms with Crippen molar-refractivity contribution in [2.24, 2.45) is 0 Å². The fourth-order valence-electron chi connectivity index (χ4n) is 3.99. The quantitative estimate of drug-likeness (QED) is 0.543. The molecule has 4 nitrogen and oxygen atoms in total. The number of aromatic nitrogens is 2. The minimum absolute atomic E-state index is 0.0775. The maximum Gasteiger partial charge on any atom is 0.194 e. The molecule has 0 radical (unpaired) electrons. The number of para-hydroxylation sites is 1. The highest BCUT2D eigenvalue weighted by Gasteiger charge is 2.25. The van der Waals surface area contributed by atoms with Gasteiger partial charge in [0.25, 0.3) is 0 Å². The first-order valence-electron chi connectivity index (χ1n) is 9.03. The van der Waals surface area contributed by atoms with E-state index in [1.807, 2.05) is 54.6 Å². The molecule has 5 rings (SSSR count). The summed E-state index contributed by atoms with van der Waals surface area (Å²) in [5.41, 5.74) is 5.80. The summed E-state index contributed by atoms with van der Waals surface area (Å²) in [4.78, 5) is 17.8. The molecule has 0 fully saturated rings. The van der Waals surface area contributed by atoms with Crippen LogP contribution >= 0.6 is 0 Å². The fourth-order valence-corrected chi connectivity index (χ4v) is 3.99. The molecule has 0 saturated heterocycles. The lowest BCUT2D eigenvalue weighted by atomic mass is 9.87. The lowest BCUT2D eigenvalue weighted by molar-refractivity contribution is 0.414. The molecule has 1 aliphatic rings. The molecular weight excluding hydrogens is 336 g/mol. The Bertz CT molecular complexity index is 1230. The number of aryl methyl sites for hydroxylation is 1. The highest BCUT2D eigenvalue weighted by molar-refractivity contribution is 5.85. The van der Waals surface area contributed by atoms with E-state index in [-0.39, 0.29) is 5.43 Å². The number of hydrogen-bond acceptors (Lipinski definition) is 3. The maximum absolute atomic E-state index is 13.2. The molecule has 0 atom stereocenters. The normalized spacial score (nSPS) is 12.5. The van der Waals surface area contributed by atoms with Crippen LogP contribution in [-0.4, -0.2) is 16.7 Å². The van der Waals surface area contributed by atoms with Crippen LogP contribution < -0.4 is 10.2 Å². The van der Waals surface area contributed by atoms with Gasteiger partial charge in [-0.05, 0) is 54.8 Å². The number of fused-ring (bicyclic) bond motifs is 4. The first-order chi connectivity index (χ1) is 13.3. The molecule has 132 valence electrons. The molecule has 27 heavy (non-hydrogen) atoms. The molecule has 0 amide bonds. The van der Waals surface area contributed by atoms with Crippen LogP contribution in [-0.2, 0) is 12.8 Å². The third kappa shape index (κ3) is 2.37. The van der Waals surface area contributed by atoms with Crippen molar-refractivity contribution in [3.05, 3.63) is 88.2 Å². The van der Waals surface area contributed by atoms with Gasteiger partial charge in [0, 0.05) is 23.0 Å². The van der Waals surface area contributed by atoms with Gasteiger partial charge in [-0.1, -0.05) is 24.3 Å². The van der Waals surface area contributed by atoms with Crippen LogP contribution in [0.3, 0.4) is 0 Å². The van der Waals surface area contributed by atoms with Crippen LogP contribution in [0.15, 0.2) is 71.7 Å². The van der Waals surface area contributed by atoms with Crippen molar-refractivity contribution in [2.75, 3.05) is 7.11 Å². The second-order valence-electron chi connectivity index (χ2n) is 6.72. The van der Waals surface area contributed by atoms with Gasteiger partial charge < -0.3 is 4.74 Å². The molecular formula is C23H18N2O2. The van der Waals surface area contributed by atoms with Gasteiger partial charge in [-0.3, -0.25) is 9.36 Å². The van der Waals surface area contributed by atoms with E-state index in [1.165, 1.54) is 5.56 Å². The van der Waals surface area contributed by atoms with Gasteiger partial charge in [-0.2, -0.15) is 0 Å². The average molecular weight is 354 g/mol. The Morgan fingerprint density at radius 3 is 2.67 bits per heavy atom. The lowest BCUT2D eigenvalue weighted by Crippen LogP contribution is -2.22. The topological polar surface area (TPSA) is 44.1 Å². The molecule has 0 unspecified atom stereocenters. The molecule has 2 heterocycles. The van der Waals surface area contributed by atoms with Gasteiger partial charge in [0.15, 0.2) is 5.43 Å². The Morgan fingerprint density at radius 1 is 1.00 bits per heavy atom. The second-order valence-corrected chi connectivity index (χ2v) is 6.72. The van der Waals surface area contributed by atoms with E-state index in [2.05, 4.69) is 15.6 Å². The molecule has 0 spiro atoms. The Hall–Kier alpha value is -3.40. The molecule has 0 saturated carbocycles. The first-order valence-corrected chi connectivity index (χ1v) is 9.03. The number of methoxy groups -OCH3 is 1. The number of nitrogens with zero attached hydrogens (tertiary/aromatic N) is 2. The monoisotopic (exact) mass is 354 g/mol. The van der Waals surface area contributed by atoms with E-state index in [1.54, 1.807) is 13.3 Å². The fraction of sp³-hybridized carbons (Fsp3) is 0.130. The molecule has 1 aliphatic carbocycles. The van der Waals surface area contributed by atoms with Crippen molar-refractivity contribution in [2.45, 2.75) is 12.8 Å². The van der Waals surface area contributed by atoms with Crippen molar-refractivity contribution < 1.29 is 4.74 Å². The summed E-state index contributed by atoms with van der Waals surface area (Å²) in [5, 5.41) is 0.659. The van der Waals surface area contributed by atoms with Gasteiger partial charge in [-0.25, -0.2) is 4.98 Å². The van der Waals surface area contributed by atoms with Gasteiger partial charge >= 0.3 is 0 Å². The largest absolute Gasteiger partial charge is 0.497 e. The van der Waals surface area contributed by atoms with Gasteiger partial charge in [0.05, 0.1) is 18.2 Å². The van der Waals surface area contributed by atoms with Crippen LogP contribution in [0.4, 0.5) is 0 Å². The summed E-state index contributed by atoms with van der Waals surface area (Å²) in [5.74, 6) is 0.787. The Labute approximate surface area is 156 Å². The Morgan fingerprint density at radius 2 is 1.85 bits per heavy atom. The zero-order valence-corrected chi connectivity index (χ0v) is 15.0. The molecule has 4 aromatic rings. The summed E-state index contributed by atoms with van der Waals surface area (Å²) in [6, 6.07) is 19.9. The predicted molar refractivity (Wildman–Crippen MR) is 107 cm³/mol. The molecule has 0 bridgehead atoms. The molecule has 2 aromatic heterocycles.